The van der Waals surface area contributed by atoms with Gasteiger partial charge in [-0.05, 0) is 12.8 Å². The average molecular weight is 117 g/mol. The van der Waals surface area contributed by atoms with E-state index in [9.17, 15) is 0 Å². The molecule has 0 rings (SSSR count). The van der Waals surface area contributed by atoms with Gasteiger partial charge in [-0.3, -0.25) is 0 Å². The molecule has 8 heavy (non-hydrogen) atoms. The van der Waals surface area contributed by atoms with Crippen molar-refractivity contribution in [1.82, 2.24) is 0 Å². The van der Waals surface area contributed by atoms with Gasteiger partial charge in [0.1, 0.15) is 0 Å². The Morgan fingerprint density at radius 3 is 2.00 bits per heavy atom. The van der Waals surface area contributed by atoms with Crippen LogP contribution < -0.4 is 0 Å². The largest absolute Gasteiger partial charge is 0.390 e. The van der Waals surface area contributed by atoms with E-state index in [0.717, 1.165) is 0 Å². The summed E-state index contributed by atoms with van der Waals surface area (Å²) in [6, 6.07) is 0. The molecule has 0 amide bonds. The zero-order valence-electron chi connectivity index (χ0n) is 5.17. The van der Waals surface area contributed by atoms with Crippen LogP contribution >= 0.6 is 0 Å². The molecule has 0 aliphatic rings. The van der Waals surface area contributed by atoms with Gasteiger partial charge < -0.3 is 10.2 Å². The van der Waals surface area contributed by atoms with Crippen LogP contribution in [-0.4, -0.2) is 22.4 Å². The predicted octanol–water partition coefficient (Wildman–Crippen LogP) is 0.342. The van der Waals surface area contributed by atoms with Gasteiger partial charge in [0.2, 0.25) is 0 Å². The summed E-state index contributed by atoms with van der Waals surface area (Å²) in [5.41, 5.74) is 0. The SMILES string of the molecule is [CH2]CC(O)C(O)CC. The van der Waals surface area contributed by atoms with E-state index < -0.39 is 12.2 Å². The van der Waals surface area contributed by atoms with E-state index in [1.54, 1.807) is 0 Å². The van der Waals surface area contributed by atoms with Crippen molar-refractivity contribution in [3.8, 4) is 0 Å². The lowest BCUT2D eigenvalue weighted by atomic mass is 10.1. The van der Waals surface area contributed by atoms with Crippen LogP contribution in [0.2, 0.25) is 0 Å². The Kier molecular flexibility index (Phi) is 3.83. The Hall–Kier alpha value is -0.0800. The van der Waals surface area contributed by atoms with Gasteiger partial charge in [0.25, 0.3) is 0 Å². The fourth-order valence-corrected chi connectivity index (χ4v) is 0.464. The maximum absolute atomic E-state index is 8.84. The smallest absolute Gasteiger partial charge is 0.0799 e. The summed E-state index contributed by atoms with van der Waals surface area (Å²) in [5.74, 6) is 0. The normalized spacial score (nSPS) is 18.0. The Balaban J connectivity index is 3.29. The van der Waals surface area contributed by atoms with Crippen molar-refractivity contribution in [2.24, 2.45) is 0 Å². The highest BCUT2D eigenvalue weighted by molar-refractivity contribution is 4.65. The molecule has 0 spiro atoms. The number of rotatable bonds is 3. The number of hydrogen-bond acceptors (Lipinski definition) is 2. The summed E-state index contributed by atoms with van der Waals surface area (Å²) < 4.78 is 0. The summed E-state index contributed by atoms with van der Waals surface area (Å²) in [6.45, 7) is 5.27. The van der Waals surface area contributed by atoms with E-state index in [0.29, 0.717) is 12.8 Å². The Bertz CT molecular complexity index is 46.5. The molecule has 2 nitrogen and oxygen atoms in total. The van der Waals surface area contributed by atoms with Crippen molar-refractivity contribution in [2.75, 3.05) is 0 Å². The maximum atomic E-state index is 8.84. The van der Waals surface area contributed by atoms with Gasteiger partial charge in [0, 0.05) is 0 Å². The molecule has 0 bridgehead atoms. The van der Waals surface area contributed by atoms with Gasteiger partial charge in [-0.1, -0.05) is 13.8 Å². The van der Waals surface area contributed by atoms with Crippen molar-refractivity contribution in [1.29, 1.82) is 0 Å². The van der Waals surface area contributed by atoms with Crippen LogP contribution in [0.25, 0.3) is 0 Å². The monoisotopic (exact) mass is 117 g/mol. The number of hydrogen-bond donors (Lipinski definition) is 2. The van der Waals surface area contributed by atoms with Gasteiger partial charge in [-0.25, -0.2) is 0 Å². The molecule has 2 unspecified atom stereocenters. The molecule has 2 N–H and O–H groups in total. The van der Waals surface area contributed by atoms with Gasteiger partial charge in [-0.15, -0.1) is 0 Å². The first-order valence-corrected chi connectivity index (χ1v) is 2.87. The first-order chi connectivity index (χ1) is 3.72. The molecule has 2 atom stereocenters. The van der Waals surface area contributed by atoms with Crippen LogP contribution in [0, 0.1) is 6.92 Å². The summed E-state index contributed by atoms with van der Waals surface area (Å²) in [5, 5.41) is 17.7. The number of aliphatic hydroxyl groups is 2. The summed E-state index contributed by atoms with van der Waals surface area (Å²) in [7, 11) is 0. The third-order valence-electron chi connectivity index (χ3n) is 1.16. The standard InChI is InChI=1S/C6H13O2/c1-3-5(7)6(8)4-2/h5-8H,1,3-4H2,2H3. The van der Waals surface area contributed by atoms with Gasteiger partial charge in [-0.2, -0.15) is 0 Å². The zero-order valence-corrected chi connectivity index (χ0v) is 5.17. The lowest BCUT2D eigenvalue weighted by Gasteiger charge is -2.12. The van der Waals surface area contributed by atoms with Crippen molar-refractivity contribution in [2.45, 2.75) is 32.0 Å². The van der Waals surface area contributed by atoms with Crippen molar-refractivity contribution >= 4 is 0 Å². The molecular weight excluding hydrogens is 104 g/mol. The minimum Gasteiger partial charge on any atom is -0.390 e. The quantitative estimate of drug-likeness (QED) is 0.559. The molecule has 0 saturated heterocycles. The molecule has 0 aromatic carbocycles. The predicted molar refractivity (Wildman–Crippen MR) is 32.3 cm³/mol. The van der Waals surface area contributed by atoms with E-state index in [1.165, 1.54) is 0 Å². The minimum absolute atomic E-state index is 0.384. The van der Waals surface area contributed by atoms with E-state index in [1.807, 2.05) is 6.92 Å². The van der Waals surface area contributed by atoms with Crippen LogP contribution in [0.3, 0.4) is 0 Å². The lowest BCUT2D eigenvalue weighted by Crippen LogP contribution is -2.23. The summed E-state index contributed by atoms with van der Waals surface area (Å²) >= 11 is 0. The Morgan fingerprint density at radius 1 is 1.38 bits per heavy atom. The van der Waals surface area contributed by atoms with Crippen molar-refractivity contribution < 1.29 is 10.2 Å². The molecule has 49 valence electrons. The Labute approximate surface area is 50.2 Å². The highest BCUT2D eigenvalue weighted by atomic mass is 16.3. The lowest BCUT2D eigenvalue weighted by molar-refractivity contribution is 0.0193. The van der Waals surface area contributed by atoms with E-state index in [4.69, 9.17) is 10.2 Å². The molecule has 0 aromatic rings. The molecule has 0 aromatic heterocycles. The first-order valence-electron chi connectivity index (χ1n) is 2.87. The maximum Gasteiger partial charge on any atom is 0.0799 e. The van der Waals surface area contributed by atoms with E-state index >= 15 is 0 Å². The molecule has 0 saturated carbocycles. The highest BCUT2D eigenvalue weighted by Gasteiger charge is 2.09. The molecule has 0 heterocycles. The van der Waals surface area contributed by atoms with Gasteiger partial charge in [0.05, 0.1) is 12.2 Å². The van der Waals surface area contributed by atoms with Crippen LogP contribution in [-0.2, 0) is 0 Å². The summed E-state index contributed by atoms with van der Waals surface area (Å²) in [4.78, 5) is 0. The second kappa shape index (κ2) is 3.87. The van der Waals surface area contributed by atoms with Crippen molar-refractivity contribution in [3.05, 3.63) is 6.92 Å². The molecule has 0 aliphatic carbocycles. The fraction of sp³-hybridized carbons (Fsp3) is 0.833. The third-order valence-corrected chi connectivity index (χ3v) is 1.16. The highest BCUT2D eigenvalue weighted by Crippen LogP contribution is 2.00. The Morgan fingerprint density at radius 2 is 1.88 bits per heavy atom. The molecule has 0 fully saturated rings. The average Bonchev–Trinajstić information content (AvgIpc) is 1.84. The van der Waals surface area contributed by atoms with E-state index in [-0.39, 0.29) is 0 Å². The fourth-order valence-electron chi connectivity index (χ4n) is 0.464. The second-order valence-electron chi connectivity index (χ2n) is 1.83. The molecule has 2 heteroatoms. The first kappa shape index (κ1) is 7.92. The molecular formula is C6H13O2. The minimum atomic E-state index is -0.639. The second-order valence-corrected chi connectivity index (χ2v) is 1.83. The third kappa shape index (κ3) is 2.28. The topological polar surface area (TPSA) is 40.5 Å². The van der Waals surface area contributed by atoms with Crippen molar-refractivity contribution in [3.63, 3.8) is 0 Å². The molecule has 1 radical (unpaired) electrons. The van der Waals surface area contributed by atoms with Crippen LogP contribution in [0.4, 0.5) is 0 Å². The summed E-state index contributed by atoms with van der Waals surface area (Å²) in [6.07, 6.45) is -0.251. The van der Waals surface area contributed by atoms with Crippen LogP contribution in [0.5, 0.6) is 0 Å². The van der Waals surface area contributed by atoms with Gasteiger partial charge >= 0.3 is 0 Å². The zero-order chi connectivity index (χ0) is 6.57. The van der Waals surface area contributed by atoms with Crippen LogP contribution in [0.1, 0.15) is 19.8 Å². The molecule has 0 aliphatic heterocycles. The van der Waals surface area contributed by atoms with E-state index in [2.05, 4.69) is 6.92 Å². The van der Waals surface area contributed by atoms with Crippen LogP contribution in [0.15, 0.2) is 0 Å². The number of aliphatic hydroxyl groups excluding tert-OH is 2. The van der Waals surface area contributed by atoms with Gasteiger partial charge in [0.15, 0.2) is 0 Å².